The number of terminal acetylenes is 1. The van der Waals surface area contributed by atoms with E-state index in [-0.39, 0.29) is 4.66 Å². The van der Waals surface area contributed by atoms with Crippen LogP contribution in [0.4, 0.5) is 5.69 Å². The Morgan fingerprint density at radius 2 is 1.93 bits per heavy atom. The van der Waals surface area contributed by atoms with E-state index in [0.29, 0.717) is 11.3 Å². The Morgan fingerprint density at radius 3 is 2.36 bits per heavy atom. The predicted molar refractivity (Wildman–Crippen MR) is 60.7 cm³/mol. The van der Waals surface area contributed by atoms with Gasteiger partial charge in [0.25, 0.3) is 0 Å². The van der Waals surface area contributed by atoms with Crippen molar-refractivity contribution < 1.29 is 8.42 Å². The molecule has 0 atom stereocenters. The summed E-state index contributed by atoms with van der Waals surface area (Å²) in [5.74, 6) is 2.44. The van der Waals surface area contributed by atoms with E-state index in [2.05, 4.69) is 26.6 Å². The molecule has 1 rings (SSSR count). The molecule has 0 fully saturated rings. The van der Waals surface area contributed by atoms with Crippen LogP contribution in [0.1, 0.15) is 5.56 Å². The van der Waals surface area contributed by atoms with E-state index in [9.17, 15) is 8.42 Å². The van der Waals surface area contributed by atoms with Gasteiger partial charge in [0, 0.05) is 11.3 Å². The first-order valence-electron chi connectivity index (χ1n) is 3.70. The first-order valence-corrected chi connectivity index (χ1v) is 6.48. The fourth-order valence-electron chi connectivity index (χ4n) is 0.841. The topological polar surface area (TPSA) is 46.2 Å². The lowest BCUT2D eigenvalue weighted by Crippen LogP contribution is -2.12. The van der Waals surface area contributed by atoms with Crippen LogP contribution in [-0.2, 0) is 10.0 Å². The van der Waals surface area contributed by atoms with Gasteiger partial charge < -0.3 is 0 Å². The molecule has 0 amide bonds. The first-order chi connectivity index (χ1) is 6.57. The predicted octanol–water partition coefficient (Wildman–Crippen LogP) is 1.76. The quantitative estimate of drug-likeness (QED) is 0.674. The van der Waals surface area contributed by atoms with Crippen molar-refractivity contribution in [2.75, 3.05) is 9.38 Å². The van der Waals surface area contributed by atoms with Crippen LogP contribution in [-0.4, -0.2) is 13.1 Å². The zero-order chi connectivity index (χ0) is 10.6. The maximum absolute atomic E-state index is 11.1. The minimum Gasteiger partial charge on any atom is -0.283 e. The molecule has 0 bridgehead atoms. The summed E-state index contributed by atoms with van der Waals surface area (Å²) in [7, 11) is -3.28. The second kappa shape index (κ2) is 4.49. The van der Waals surface area contributed by atoms with Gasteiger partial charge in [-0.3, -0.25) is 4.72 Å². The van der Waals surface area contributed by atoms with Gasteiger partial charge in [0.1, 0.15) is 4.66 Å². The van der Waals surface area contributed by atoms with Crippen LogP contribution in [0.15, 0.2) is 24.3 Å². The molecule has 1 aromatic carbocycles. The van der Waals surface area contributed by atoms with Gasteiger partial charge in [0.15, 0.2) is 0 Å². The number of hydrogen-bond acceptors (Lipinski definition) is 2. The van der Waals surface area contributed by atoms with Crippen LogP contribution >= 0.6 is 15.9 Å². The van der Waals surface area contributed by atoms with Crippen molar-refractivity contribution in [2.45, 2.75) is 0 Å². The van der Waals surface area contributed by atoms with Gasteiger partial charge >= 0.3 is 0 Å². The van der Waals surface area contributed by atoms with Gasteiger partial charge in [-0.2, -0.15) is 0 Å². The summed E-state index contributed by atoms with van der Waals surface area (Å²) in [6, 6.07) is 6.59. The molecule has 14 heavy (non-hydrogen) atoms. The normalized spacial score (nSPS) is 10.6. The molecule has 5 heteroatoms. The molecular formula is C9H8BrNO2S. The molecule has 3 nitrogen and oxygen atoms in total. The van der Waals surface area contributed by atoms with Crippen LogP contribution in [0.5, 0.6) is 0 Å². The Bertz CT molecular complexity index is 445. The van der Waals surface area contributed by atoms with E-state index in [1.54, 1.807) is 24.3 Å². The number of rotatable bonds is 3. The standard InChI is InChI=1S/C9H8BrNO2S/c1-2-8-3-5-9(6-4-8)11-14(12,13)7-10/h1,3-6,11H,7H2. The van der Waals surface area contributed by atoms with E-state index >= 15 is 0 Å². The zero-order valence-corrected chi connectivity index (χ0v) is 9.60. The molecular weight excluding hydrogens is 266 g/mol. The zero-order valence-electron chi connectivity index (χ0n) is 7.20. The van der Waals surface area contributed by atoms with Crippen LogP contribution in [0.2, 0.25) is 0 Å². The molecule has 0 spiro atoms. The van der Waals surface area contributed by atoms with Crippen molar-refractivity contribution in [1.29, 1.82) is 0 Å². The van der Waals surface area contributed by atoms with Crippen LogP contribution < -0.4 is 4.72 Å². The Balaban J connectivity index is 2.86. The number of alkyl halides is 1. The number of nitrogens with one attached hydrogen (secondary N) is 1. The largest absolute Gasteiger partial charge is 0.283 e. The second-order valence-corrected chi connectivity index (χ2v) is 5.57. The molecule has 0 aliphatic carbocycles. The van der Waals surface area contributed by atoms with Crippen molar-refractivity contribution in [1.82, 2.24) is 0 Å². The summed E-state index contributed by atoms with van der Waals surface area (Å²) in [4.78, 5) is 0. The third-order valence-electron chi connectivity index (χ3n) is 1.47. The van der Waals surface area contributed by atoms with E-state index in [0.717, 1.165) is 0 Å². The maximum atomic E-state index is 11.1. The summed E-state index contributed by atoms with van der Waals surface area (Å²) in [6.07, 6.45) is 5.16. The average Bonchev–Trinajstić information content (AvgIpc) is 2.19. The van der Waals surface area contributed by atoms with E-state index in [1.165, 1.54) is 0 Å². The number of hydrogen-bond donors (Lipinski definition) is 1. The monoisotopic (exact) mass is 273 g/mol. The summed E-state index contributed by atoms with van der Waals surface area (Å²) in [5, 5.41) is 0. The number of sulfonamides is 1. The Morgan fingerprint density at radius 1 is 1.36 bits per heavy atom. The highest BCUT2D eigenvalue weighted by molar-refractivity contribution is 9.10. The molecule has 0 aliphatic rings. The van der Waals surface area contributed by atoms with Crippen molar-refractivity contribution in [3.63, 3.8) is 0 Å². The van der Waals surface area contributed by atoms with Crippen molar-refractivity contribution in [3.05, 3.63) is 29.8 Å². The highest BCUT2D eigenvalue weighted by Gasteiger charge is 2.06. The smallest absolute Gasteiger partial charge is 0.242 e. The molecule has 74 valence electrons. The molecule has 0 saturated heterocycles. The fraction of sp³-hybridized carbons (Fsp3) is 0.111. The Kier molecular flexibility index (Phi) is 3.55. The van der Waals surface area contributed by atoms with Crippen molar-refractivity contribution >= 4 is 31.6 Å². The lowest BCUT2D eigenvalue weighted by molar-refractivity contribution is 0.606. The molecule has 1 aromatic rings. The van der Waals surface area contributed by atoms with Gasteiger partial charge in [-0.1, -0.05) is 21.9 Å². The summed E-state index contributed by atoms with van der Waals surface area (Å²) in [5.41, 5.74) is 1.22. The van der Waals surface area contributed by atoms with Crippen LogP contribution in [0.3, 0.4) is 0 Å². The highest BCUT2D eigenvalue weighted by Crippen LogP contribution is 2.11. The first kappa shape index (κ1) is 11.1. The molecule has 0 unspecified atom stereocenters. The third-order valence-corrected chi connectivity index (χ3v) is 4.11. The van der Waals surface area contributed by atoms with Gasteiger partial charge in [0.05, 0.1) is 0 Å². The van der Waals surface area contributed by atoms with E-state index in [4.69, 9.17) is 6.42 Å². The molecule has 1 N–H and O–H groups in total. The Labute approximate surface area is 91.7 Å². The van der Waals surface area contributed by atoms with Gasteiger partial charge in [-0.05, 0) is 24.3 Å². The van der Waals surface area contributed by atoms with Crippen molar-refractivity contribution in [3.8, 4) is 12.3 Å². The molecule has 0 aromatic heterocycles. The highest BCUT2D eigenvalue weighted by atomic mass is 79.9. The molecule has 0 radical (unpaired) electrons. The summed E-state index contributed by atoms with van der Waals surface area (Å²) < 4.78 is 24.5. The minimum absolute atomic E-state index is 0.128. The van der Waals surface area contributed by atoms with Crippen LogP contribution in [0.25, 0.3) is 0 Å². The Hall–Kier alpha value is -0.990. The summed E-state index contributed by atoms with van der Waals surface area (Å²) >= 11 is 2.87. The number of halogens is 1. The van der Waals surface area contributed by atoms with Gasteiger partial charge in [0.2, 0.25) is 10.0 Å². The van der Waals surface area contributed by atoms with Gasteiger partial charge in [-0.15, -0.1) is 6.42 Å². The van der Waals surface area contributed by atoms with E-state index < -0.39 is 10.0 Å². The molecule has 0 saturated carbocycles. The number of anilines is 1. The SMILES string of the molecule is C#Cc1ccc(NS(=O)(=O)CBr)cc1. The van der Waals surface area contributed by atoms with E-state index in [1.807, 2.05) is 0 Å². The number of benzene rings is 1. The second-order valence-electron chi connectivity index (χ2n) is 2.55. The maximum Gasteiger partial charge on any atom is 0.242 e. The molecule has 0 heterocycles. The van der Waals surface area contributed by atoms with Gasteiger partial charge in [-0.25, -0.2) is 8.42 Å². The van der Waals surface area contributed by atoms with Crippen molar-refractivity contribution in [2.24, 2.45) is 0 Å². The third kappa shape index (κ3) is 3.05. The lowest BCUT2D eigenvalue weighted by atomic mass is 10.2. The molecule has 0 aliphatic heterocycles. The fourth-order valence-corrected chi connectivity index (χ4v) is 1.73. The van der Waals surface area contributed by atoms with Crippen LogP contribution in [0, 0.1) is 12.3 Å². The minimum atomic E-state index is -3.28. The average molecular weight is 274 g/mol. The summed E-state index contributed by atoms with van der Waals surface area (Å²) in [6.45, 7) is 0. The lowest BCUT2D eigenvalue weighted by Gasteiger charge is -2.04.